The van der Waals surface area contributed by atoms with Gasteiger partial charge in [0.25, 0.3) is 0 Å². The van der Waals surface area contributed by atoms with E-state index in [9.17, 15) is 0 Å². The minimum atomic E-state index is 0.315. The second kappa shape index (κ2) is 6.07. The molecule has 1 unspecified atom stereocenters. The van der Waals surface area contributed by atoms with Crippen LogP contribution in [0, 0.1) is 12.3 Å². The predicted octanol–water partition coefficient (Wildman–Crippen LogP) is 2.71. The molecule has 4 nitrogen and oxygen atoms in total. The number of hydrogen-bond donors (Lipinski definition) is 1. The summed E-state index contributed by atoms with van der Waals surface area (Å²) in [5, 5.41) is 3.68. The molecule has 4 rings (SSSR count). The van der Waals surface area contributed by atoms with Crippen molar-refractivity contribution in [3.8, 4) is 0 Å². The van der Waals surface area contributed by atoms with E-state index in [0.29, 0.717) is 10.8 Å². The third-order valence-corrected chi connectivity index (χ3v) is 6.29. The van der Waals surface area contributed by atoms with Crippen molar-refractivity contribution in [1.29, 1.82) is 0 Å². The van der Waals surface area contributed by atoms with Gasteiger partial charge in [-0.05, 0) is 43.7 Å². The number of guanidine groups is 1. The van der Waals surface area contributed by atoms with Crippen LogP contribution >= 0.6 is 0 Å². The Morgan fingerprint density at radius 1 is 1.25 bits per heavy atom. The minimum absolute atomic E-state index is 0.315. The number of hydrogen-bond acceptors (Lipinski definition) is 2. The molecule has 2 heterocycles. The van der Waals surface area contributed by atoms with E-state index in [1.807, 2.05) is 7.05 Å². The van der Waals surface area contributed by atoms with Crippen LogP contribution in [-0.4, -0.2) is 50.8 Å². The number of benzene rings is 1. The topological polar surface area (TPSA) is 36.9 Å². The molecule has 1 aliphatic carbocycles. The first-order valence-electron chi connectivity index (χ1n) is 9.26. The van der Waals surface area contributed by atoms with Gasteiger partial charge in [-0.3, -0.25) is 4.99 Å². The zero-order valence-corrected chi connectivity index (χ0v) is 15.0. The van der Waals surface area contributed by atoms with Crippen LogP contribution in [0.4, 0.5) is 0 Å². The van der Waals surface area contributed by atoms with Gasteiger partial charge in [-0.25, -0.2) is 0 Å². The molecule has 2 saturated heterocycles. The van der Waals surface area contributed by atoms with Crippen LogP contribution in [0.1, 0.15) is 36.8 Å². The smallest absolute Gasteiger partial charge is 0.193 e. The molecule has 1 aromatic carbocycles. The molecule has 1 atom stereocenters. The van der Waals surface area contributed by atoms with Crippen molar-refractivity contribution in [3.05, 3.63) is 35.4 Å². The molecular weight excluding hydrogens is 298 g/mol. The second-order valence-electron chi connectivity index (χ2n) is 7.97. The van der Waals surface area contributed by atoms with Crippen LogP contribution in [0.3, 0.4) is 0 Å². The van der Waals surface area contributed by atoms with Gasteiger partial charge in [-0.1, -0.05) is 24.3 Å². The summed E-state index contributed by atoms with van der Waals surface area (Å²) in [6, 6.07) is 8.83. The van der Waals surface area contributed by atoms with E-state index in [2.05, 4.69) is 46.4 Å². The number of ether oxygens (including phenoxy) is 1. The SMILES string of the molecule is CN=C(NCC1(c2ccccc2C)CC1)N1CCC2(CCOC2)C1. The summed E-state index contributed by atoms with van der Waals surface area (Å²) in [6.07, 6.45) is 4.99. The van der Waals surface area contributed by atoms with Crippen molar-refractivity contribution in [1.82, 2.24) is 10.2 Å². The van der Waals surface area contributed by atoms with Gasteiger partial charge in [-0.15, -0.1) is 0 Å². The average molecular weight is 327 g/mol. The summed E-state index contributed by atoms with van der Waals surface area (Å²) in [4.78, 5) is 7.00. The lowest BCUT2D eigenvalue weighted by Gasteiger charge is -2.27. The molecule has 1 aromatic rings. The average Bonchev–Trinajstić information content (AvgIpc) is 3.05. The van der Waals surface area contributed by atoms with E-state index in [-0.39, 0.29) is 0 Å². The van der Waals surface area contributed by atoms with Gasteiger partial charge >= 0.3 is 0 Å². The number of likely N-dealkylation sites (tertiary alicyclic amines) is 1. The molecule has 0 amide bonds. The Bertz CT molecular complexity index is 630. The van der Waals surface area contributed by atoms with Crippen molar-refractivity contribution in [3.63, 3.8) is 0 Å². The minimum Gasteiger partial charge on any atom is -0.381 e. The molecule has 130 valence electrons. The fraction of sp³-hybridized carbons (Fsp3) is 0.650. The molecule has 3 aliphatic rings. The quantitative estimate of drug-likeness (QED) is 0.685. The summed E-state index contributed by atoms with van der Waals surface area (Å²) in [6.45, 7) is 7.26. The van der Waals surface area contributed by atoms with E-state index in [0.717, 1.165) is 38.8 Å². The van der Waals surface area contributed by atoms with Crippen LogP contribution in [0.15, 0.2) is 29.3 Å². The van der Waals surface area contributed by atoms with E-state index < -0.39 is 0 Å². The third kappa shape index (κ3) is 2.81. The summed E-state index contributed by atoms with van der Waals surface area (Å²) in [7, 11) is 1.91. The molecule has 0 aromatic heterocycles. The van der Waals surface area contributed by atoms with Gasteiger partial charge in [0.15, 0.2) is 5.96 Å². The first kappa shape index (κ1) is 15.9. The van der Waals surface area contributed by atoms with Crippen LogP contribution in [0.25, 0.3) is 0 Å². The first-order chi connectivity index (χ1) is 11.7. The van der Waals surface area contributed by atoms with Gasteiger partial charge in [-0.2, -0.15) is 0 Å². The molecule has 24 heavy (non-hydrogen) atoms. The lowest BCUT2D eigenvalue weighted by Crippen LogP contribution is -2.44. The number of nitrogens with zero attached hydrogens (tertiary/aromatic N) is 2. The zero-order valence-electron chi connectivity index (χ0n) is 15.0. The Morgan fingerprint density at radius 2 is 2.08 bits per heavy atom. The maximum absolute atomic E-state index is 5.65. The summed E-state index contributed by atoms with van der Waals surface area (Å²) in [5.41, 5.74) is 3.62. The van der Waals surface area contributed by atoms with Crippen molar-refractivity contribution in [2.45, 2.75) is 38.0 Å². The summed E-state index contributed by atoms with van der Waals surface area (Å²) < 4.78 is 5.65. The normalized spacial score (nSPS) is 28.6. The van der Waals surface area contributed by atoms with Gasteiger partial charge in [0.2, 0.25) is 0 Å². The van der Waals surface area contributed by atoms with Crippen LogP contribution in [0.2, 0.25) is 0 Å². The maximum atomic E-state index is 5.65. The van der Waals surface area contributed by atoms with E-state index in [4.69, 9.17) is 4.74 Å². The highest BCUT2D eigenvalue weighted by atomic mass is 16.5. The molecule has 3 fully saturated rings. The van der Waals surface area contributed by atoms with Crippen LogP contribution in [0.5, 0.6) is 0 Å². The number of nitrogens with one attached hydrogen (secondary N) is 1. The monoisotopic (exact) mass is 327 g/mol. The van der Waals surface area contributed by atoms with Crippen molar-refractivity contribution in [2.75, 3.05) is 39.9 Å². The lowest BCUT2D eigenvalue weighted by molar-refractivity contribution is 0.156. The molecular formula is C20H29N3O. The highest BCUT2D eigenvalue weighted by Crippen LogP contribution is 2.48. The Kier molecular flexibility index (Phi) is 4.03. The molecule has 0 bridgehead atoms. The summed E-state index contributed by atoms with van der Waals surface area (Å²) >= 11 is 0. The summed E-state index contributed by atoms with van der Waals surface area (Å²) in [5.74, 6) is 1.07. The molecule has 1 saturated carbocycles. The fourth-order valence-corrected chi connectivity index (χ4v) is 4.53. The van der Waals surface area contributed by atoms with Gasteiger partial charge in [0.05, 0.1) is 6.61 Å². The molecule has 1 spiro atoms. The third-order valence-electron chi connectivity index (χ3n) is 6.29. The van der Waals surface area contributed by atoms with E-state index in [1.54, 1.807) is 0 Å². The Balaban J connectivity index is 1.41. The van der Waals surface area contributed by atoms with Crippen molar-refractivity contribution >= 4 is 5.96 Å². The first-order valence-corrected chi connectivity index (χ1v) is 9.26. The van der Waals surface area contributed by atoms with Gasteiger partial charge < -0.3 is 15.0 Å². The molecule has 1 N–H and O–H groups in total. The molecule has 4 heteroatoms. The number of aryl methyl sites for hydroxylation is 1. The predicted molar refractivity (Wildman–Crippen MR) is 97.5 cm³/mol. The van der Waals surface area contributed by atoms with Gasteiger partial charge in [0.1, 0.15) is 0 Å². The second-order valence-corrected chi connectivity index (χ2v) is 7.97. The van der Waals surface area contributed by atoms with Crippen LogP contribution < -0.4 is 5.32 Å². The Hall–Kier alpha value is -1.55. The number of aliphatic imine (C=N–C) groups is 1. The molecule has 0 radical (unpaired) electrons. The zero-order chi connectivity index (χ0) is 16.6. The Labute approximate surface area is 145 Å². The lowest BCUT2D eigenvalue weighted by atomic mass is 9.87. The number of rotatable bonds is 3. The standard InChI is InChI=1S/C20H29N3O/c1-16-5-3-4-6-17(16)20(7-8-20)13-22-18(21-2)23-11-9-19(14-23)10-12-24-15-19/h3-6H,7-15H2,1-2H3,(H,21,22). The molecule has 2 aliphatic heterocycles. The maximum Gasteiger partial charge on any atom is 0.193 e. The highest BCUT2D eigenvalue weighted by molar-refractivity contribution is 5.80. The van der Waals surface area contributed by atoms with E-state index >= 15 is 0 Å². The fourth-order valence-electron chi connectivity index (χ4n) is 4.53. The Morgan fingerprint density at radius 3 is 2.75 bits per heavy atom. The van der Waals surface area contributed by atoms with E-state index in [1.165, 1.54) is 36.8 Å². The van der Waals surface area contributed by atoms with Gasteiger partial charge in [0, 0.05) is 44.1 Å². The largest absolute Gasteiger partial charge is 0.381 e. The van der Waals surface area contributed by atoms with Crippen molar-refractivity contribution < 1.29 is 4.74 Å². The van der Waals surface area contributed by atoms with Crippen molar-refractivity contribution in [2.24, 2.45) is 10.4 Å². The highest BCUT2D eigenvalue weighted by Gasteiger charge is 2.46. The van der Waals surface area contributed by atoms with Crippen LogP contribution in [-0.2, 0) is 10.2 Å².